The molecule has 0 aliphatic rings. The second kappa shape index (κ2) is 4.98. The van der Waals surface area contributed by atoms with E-state index in [1.807, 2.05) is 0 Å². The van der Waals surface area contributed by atoms with Gasteiger partial charge in [-0.25, -0.2) is 0 Å². The first-order valence-electron chi connectivity index (χ1n) is 5.50. The predicted molar refractivity (Wildman–Crippen MR) is 68.4 cm³/mol. The number of nitrogens with zero attached hydrogens (tertiary/aromatic N) is 3. The minimum absolute atomic E-state index is 0.0151. The fraction of sp³-hybridized carbons (Fsp3) is 0.182. The highest BCUT2D eigenvalue weighted by atomic mass is 16.6. The molecule has 1 aromatic carbocycles. The lowest BCUT2D eigenvalue weighted by molar-refractivity contribution is -0.298. The molecule has 2 rings (SSSR count). The number of rotatable bonds is 3. The summed E-state index contributed by atoms with van der Waals surface area (Å²) in [6.07, 6.45) is -2.42. The molecule has 0 unspecified atom stereocenters. The number of anilines is 2. The van der Waals surface area contributed by atoms with Gasteiger partial charge < -0.3 is 31.9 Å². The fourth-order valence-corrected chi connectivity index (χ4v) is 1.67. The maximum atomic E-state index is 9.77. The van der Waals surface area contributed by atoms with Crippen molar-refractivity contribution in [2.24, 2.45) is 0 Å². The highest BCUT2D eigenvalue weighted by Crippen LogP contribution is 2.30. The molecule has 20 heavy (non-hydrogen) atoms. The normalized spacial score (nSPS) is 11.8. The molecule has 0 atom stereocenters. The van der Waals surface area contributed by atoms with Crippen molar-refractivity contribution in [1.82, 2.24) is 15.0 Å². The Morgan fingerprint density at radius 3 is 2.05 bits per heavy atom. The van der Waals surface area contributed by atoms with Crippen LogP contribution < -0.4 is 11.5 Å². The average Bonchev–Trinajstić information content (AvgIpc) is 2.37. The van der Waals surface area contributed by atoms with E-state index in [9.17, 15) is 10.2 Å². The zero-order chi connectivity index (χ0) is 14.9. The van der Waals surface area contributed by atoms with Crippen molar-refractivity contribution in [3.63, 3.8) is 0 Å². The third kappa shape index (κ3) is 2.51. The first kappa shape index (κ1) is 14.1. The third-order valence-electron chi connectivity index (χ3n) is 2.59. The topological polar surface area (TPSA) is 172 Å². The highest BCUT2D eigenvalue weighted by molar-refractivity contribution is 5.63. The summed E-state index contributed by atoms with van der Waals surface area (Å²) in [5.41, 5.74) is 10.8. The molecule has 0 amide bonds. The van der Waals surface area contributed by atoms with Crippen molar-refractivity contribution in [3.8, 4) is 11.4 Å². The Kier molecular flexibility index (Phi) is 3.51. The van der Waals surface area contributed by atoms with Gasteiger partial charge in [-0.3, -0.25) is 0 Å². The maximum absolute atomic E-state index is 9.77. The van der Waals surface area contributed by atoms with Crippen molar-refractivity contribution >= 4 is 11.9 Å². The molecule has 9 heteroatoms. The molecule has 8 N–H and O–H groups in total. The SMILES string of the molecule is Nc1nc(N)nc(-c2ccccc2C(O)(O)C(O)O)n1. The summed E-state index contributed by atoms with van der Waals surface area (Å²) in [6, 6.07) is 5.79. The van der Waals surface area contributed by atoms with Crippen LogP contribution in [0.5, 0.6) is 0 Å². The second-order valence-electron chi connectivity index (χ2n) is 4.02. The molecule has 0 radical (unpaired) electrons. The lowest BCUT2D eigenvalue weighted by Crippen LogP contribution is -2.39. The molecule has 9 nitrogen and oxygen atoms in total. The van der Waals surface area contributed by atoms with E-state index in [0.717, 1.165) is 0 Å². The Balaban J connectivity index is 2.64. The molecule has 0 bridgehead atoms. The lowest BCUT2D eigenvalue weighted by Gasteiger charge is -2.25. The number of nitrogen functional groups attached to an aromatic ring is 2. The van der Waals surface area contributed by atoms with Crippen LogP contribution >= 0.6 is 0 Å². The van der Waals surface area contributed by atoms with Gasteiger partial charge in [-0.15, -0.1) is 0 Å². The Bertz CT molecular complexity index is 612. The minimum Gasteiger partial charge on any atom is -0.368 e. The summed E-state index contributed by atoms with van der Waals surface area (Å²) < 4.78 is 0. The quantitative estimate of drug-likeness (QED) is 0.353. The molecule has 0 saturated carbocycles. The standard InChI is InChI=1S/C11H13N5O4/c12-9-14-7(15-10(13)16-9)5-3-1-2-4-6(5)11(19,20)8(17)18/h1-4,8,17-20H,(H4,12,13,14,15,16). The molecule has 1 aromatic heterocycles. The lowest BCUT2D eigenvalue weighted by atomic mass is 9.98. The van der Waals surface area contributed by atoms with Crippen molar-refractivity contribution < 1.29 is 20.4 Å². The van der Waals surface area contributed by atoms with Crippen LogP contribution in [0.4, 0.5) is 11.9 Å². The zero-order valence-electron chi connectivity index (χ0n) is 10.2. The third-order valence-corrected chi connectivity index (χ3v) is 2.59. The zero-order valence-corrected chi connectivity index (χ0v) is 10.2. The van der Waals surface area contributed by atoms with Gasteiger partial charge in [-0.05, 0) is 0 Å². The number of benzene rings is 1. The monoisotopic (exact) mass is 279 g/mol. The van der Waals surface area contributed by atoms with Gasteiger partial charge in [0.25, 0.3) is 0 Å². The van der Waals surface area contributed by atoms with Gasteiger partial charge >= 0.3 is 0 Å². The van der Waals surface area contributed by atoms with Crippen LogP contribution in [0, 0.1) is 0 Å². The molecule has 0 aliphatic heterocycles. The smallest absolute Gasteiger partial charge is 0.243 e. The van der Waals surface area contributed by atoms with Gasteiger partial charge in [0.1, 0.15) is 0 Å². The number of aliphatic hydroxyl groups excluding tert-OH is 1. The molecular formula is C11H13N5O4. The van der Waals surface area contributed by atoms with Gasteiger partial charge in [0, 0.05) is 11.1 Å². The van der Waals surface area contributed by atoms with Gasteiger partial charge in [0.15, 0.2) is 5.82 Å². The summed E-state index contributed by atoms with van der Waals surface area (Å²) in [5.74, 6) is -3.20. The molecule has 0 aliphatic carbocycles. The van der Waals surface area contributed by atoms with E-state index in [0.29, 0.717) is 0 Å². The van der Waals surface area contributed by atoms with Crippen molar-refractivity contribution in [2.45, 2.75) is 12.1 Å². The summed E-state index contributed by atoms with van der Waals surface area (Å²) in [6.45, 7) is 0. The Morgan fingerprint density at radius 2 is 1.50 bits per heavy atom. The molecule has 2 aromatic rings. The van der Waals surface area contributed by atoms with Crippen LogP contribution in [-0.2, 0) is 5.79 Å². The van der Waals surface area contributed by atoms with Crippen LogP contribution in [-0.4, -0.2) is 41.7 Å². The average molecular weight is 279 g/mol. The summed E-state index contributed by atoms with van der Waals surface area (Å²) in [5, 5.41) is 37.7. The molecule has 1 heterocycles. The summed E-state index contributed by atoms with van der Waals surface area (Å²) in [7, 11) is 0. The van der Waals surface area contributed by atoms with E-state index in [2.05, 4.69) is 15.0 Å². The molecule has 0 fully saturated rings. The molecule has 106 valence electrons. The number of hydrogen-bond donors (Lipinski definition) is 6. The largest absolute Gasteiger partial charge is 0.368 e. The molecule has 0 saturated heterocycles. The van der Waals surface area contributed by atoms with Crippen LogP contribution in [0.1, 0.15) is 5.56 Å². The maximum Gasteiger partial charge on any atom is 0.243 e. The van der Waals surface area contributed by atoms with Crippen LogP contribution in [0.25, 0.3) is 11.4 Å². The van der Waals surface area contributed by atoms with E-state index in [1.165, 1.54) is 18.2 Å². The Morgan fingerprint density at radius 1 is 0.950 bits per heavy atom. The molecule has 0 spiro atoms. The van der Waals surface area contributed by atoms with Gasteiger partial charge in [0.2, 0.25) is 24.0 Å². The second-order valence-corrected chi connectivity index (χ2v) is 4.02. The first-order chi connectivity index (χ1) is 9.32. The van der Waals surface area contributed by atoms with Crippen molar-refractivity contribution in [1.29, 1.82) is 0 Å². The highest BCUT2D eigenvalue weighted by Gasteiger charge is 2.36. The van der Waals surface area contributed by atoms with Crippen LogP contribution in [0.2, 0.25) is 0 Å². The fourth-order valence-electron chi connectivity index (χ4n) is 1.67. The van der Waals surface area contributed by atoms with E-state index in [-0.39, 0.29) is 28.8 Å². The number of aliphatic hydroxyl groups is 4. The van der Waals surface area contributed by atoms with Crippen molar-refractivity contribution in [2.75, 3.05) is 11.5 Å². The van der Waals surface area contributed by atoms with Gasteiger partial charge in [0.05, 0.1) is 0 Å². The van der Waals surface area contributed by atoms with E-state index in [4.69, 9.17) is 21.7 Å². The number of hydrogen-bond acceptors (Lipinski definition) is 9. The first-order valence-corrected chi connectivity index (χ1v) is 5.50. The summed E-state index contributed by atoms with van der Waals surface area (Å²) in [4.78, 5) is 11.3. The van der Waals surface area contributed by atoms with Crippen LogP contribution in [0.15, 0.2) is 24.3 Å². The minimum atomic E-state index is -2.90. The van der Waals surface area contributed by atoms with Crippen molar-refractivity contribution in [3.05, 3.63) is 29.8 Å². The van der Waals surface area contributed by atoms with Gasteiger partial charge in [-0.1, -0.05) is 24.3 Å². The van der Waals surface area contributed by atoms with E-state index in [1.54, 1.807) is 6.07 Å². The Labute approximate surface area is 113 Å². The predicted octanol–water partition coefficient (Wildman–Crippen LogP) is -1.85. The van der Waals surface area contributed by atoms with Crippen LogP contribution in [0.3, 0.4) is 0 Å². The summed E-state index contributed by atoms with van der Waals surface area (Å²) >= 11 is 0. The van der Waals surface area contributed by atoms with E-state index < -0.39 is 12.1 Å². The number of aromatic nitrogens is 3. The Hall–Kier alpha value is -2.33. The molecular weight excluding hydrogens is 266 g/mol. The number of nitrogens with two attached hydrogens (primary N) is 2. The van der Waals surface area contributed by atoms with E-state index >= 15 is 0 Å². The van der Waals surface area contributed by atoms with Gasteiger partial charge in [-0.2, -0.15) is 15.0 Å².